The molecule has 1 aromatic carbocycles. The van der Waals surface area contributed by atoms with Crippen LogP contribution < -0.4 is 0 Å². The monoisotopic (exact) mass is 395 g/mol. The number of halogens is 2. The van der Waals surface area contributed by atoms with Gasteiger partial charge in [0, 0.05) is 35.3 Å². The van der Waals surface area contributed by atoms with Crippen molar-refractivity contribution in [3.05, 3.63) is 35.6 Å². The molecule has 20 heavy (non-hydrogen) atoms. The van der Waals surface area contributed by atoms with Gasteiger partial charge >= 0.3 is 0 Å². The minimum Gasteiger partial charge on any atom is -0.375 e. The number of rotatable bonds is 4. The number of methoxy groups -OCH3 is 1. The van der Waals surface area contributed by atoms with E-state index in [2.05, 4.69) is 4.99 Å². The van der Waals surface area contributed by atoms with E-state index in [1.165, 1.54) is 12.1 Å². The molecule has 0 radical (unpaired) electrons. The van der Waals surface area contributed by atoms with Crippen molar-refractivity contribution in [3.63, 3.8) is 0 Å². The first kappa shape index (κ1) is 19.1. The van der Waals surface area contributed by atoms with Gasteiger partial charge in [0.2, 0.25) is 0 Å². The van der Waals surface area contributed by atoms with E-state index in [1.807, 2.05) is 38.0 Å². The normalized spacial score (nSPS) is 11.3. The SMILES string of the molecule is COC(CN=C(N(C)C)N(C)C)c1ccc(F)cc1.I. The average molecular weight is 395 g/mol. The number of ether oxygens (including phenoxy) is 1. The maximum atomic E-state index is 12.9. The lowest BCUT2D eigenvalue weighted by Gasteiger charge is -2.23. The number of hydrogen-bond acceptors (Lipinski definition) is 2. The van der Waals surface area contributed by atoms with Crippen LogP contribution in [-0.4, -0.2) is 57.6 Å². The van der Waals surface area contributed by atoms with Crippen LogP contribution in [0.25, 0.3) is 0 Å². The Kier molecular flexibility index (Phi) is 8.71. The predicted molar refractivity (Wildman–Crippen MR) is 91.2 cm³/mol. The third kappa shape index (κ3) is 5.62. The predicted octanol–water partition coefficient (Wildman–Crippen LogP) is 2.61. The summed E-state index contributed by atoms with van der Waals surface area (Å²) in [4.78, 5) is 8.43. The molecular weight excluding hydrogens is 372 g/mol. The van der Waals surface area contributed by atoms with E-state index in [-0.39, 0.29) is 35.9 Å². The summed E-state index contributed by atoms with van der Waals surface area (Å²) in [5.41, 5.74) is 0.921. The van der Waals surface area contributed by atoms with Gasteiger partial charge in [-0.15, -0.1) is 24.0 Å². The highest BCUT2D eigenvalue weighted by atomic mass is 127. The number of benzene rings is 1. The van der Waals surface area contributed by atoms with E-state index >= 15 is 0 Å². The van der Waals surface area contributed by atoms with E-state index in [9.17, 15) is 4.39 Å². The summed E-state index contributed by atoms with van der Waals surface area (Å²) in [6.45, 7) is 0.494. The Morgan fingerprint density at radius 2 is 1.65 bits per heavy atom. The van der Waals surface area contributed by atoms with E-state index in [1.54, 1.807) is 19.2 Å². The van der Waals surface area contributed by atoms with Crippen LogP contribution in [0.1, 0.15) is 11.7 Å². The lowest BCUT2D eigenvalue weighted by atomic mass is 10.1. The summed E-state index contributed by atoms with van der Waals surface area (Å²) in [5.74, 6) is 0.619. The number of guanidine groups is 1. The molecule has 114 valence electrons. The van der Waals surface area contributed by atoms with Crippen molar-refractivity contribution in [2.24, 2.45) is 4.99 Å². The molecule has 0 fully saturated rings. The molecule has 0 heterocycles. The van der Waals surface area contributed by atoms with Crippen molar-refractivity contribution in [1.29, 1.82) is 0 Å². The Morgan fingerprint density at radius 1 is 1.15 bits per heavy atom. The van der Waals surface area contributed by atoms with Gasteiger partial charge in [0.1, 0.15) is 11.9 Å². The van der Waals surface area contributed by atoms with Crippen molar-refractivity contribution in [2.75, 3.05) is 41.8 Å². The first-order chi connectivity index (χ1) is 8.95. The Balaban J connectivity index is 0.00000361. The van der Waals surface area contributed by atoms with Gasteiger partial charge in [-0.25, -0.2) is 9.38 Å². The van der Waals surface area contributed by atoms with E-state index < -0.39 is 0 Å². The summed E-state index contributed by atoms with van der Waals surface area (Å²) < 4.78 is 18.3. The van der Waals surface area contributed by atoms with Crippen molar-refractivity contribution in [1.82, 2.24) is 9.80 Å². The maximum absolute atomic E-state index is 12.9. The van der Waals surface area contributed by atoms with Crippen LogP contribution in [0.3, 0.4) is 0 Å². The highest BCUT2D eigenvalue weighted by molar-refractivity contribution is 14.0. The van der Waals surface area contributed by atoms with Gasteiger partial charge in [-0.05, 0) is 17.7 Å². The highest BCUT2D eigenvalue weighted by Gasteiger charge is 2.12. The zero-order chi connectivity index (χ0) is 14.4. The number of nitrogens with zero attached hydrogens (tertiary/aromatic N) is 3. The molecule has 1 rings (SSSR count). The highest BCUT2D eigenvalue weighted by Crippen LogP contribution is 2.17. The molecule has 1 unspecified atom stereocenters. The van der Waals surface area contributed by atoms with Crippen molar-refractivity contribution >= 4 is 29.9 Å². The molecule has 0 spiro atoms. The molecule has 0 aromatic heterocycles. The molecule has 6 heteroatoms. The molecule has 0 saturated carbocycles. The van der Waals surface area contributed by atoms with Crippen molar-refractivity contribution in [2.45, 2.75) is 6.10 Å². The third-order valence-corrected chi connectivity index (χ3v) is 2.72. The summed E-state index contributed by atoms with van der Waals surface area (Å²) in [6.07, 6.45) is -0.171. The summed E-state index contributed by atoms with van der Waals surface area (Å²) in [7, 11) is 9.41. The Hall–Kier alpha value is -0.890. The van der Waals surface area contributed by atoms with Crippen LogP contribution in [0.5, 0.6) is 0 Å². The fraction of sp³-hybridized carbons (Fsp3) is 0.500. The molecule has 0 amide bonds. The molecule has 0 aliphatic carbocycles. The zero-order valence-corrected chi connectivity index (χ0v) is 15.0. The minimum atomic E-state index is -0.246. The van der Waals surface area contributed by atoms with Gasteiger partial charge < -0.3 is 14.5 Å². The molecule has 0 aliphatic rings. The zero-order valence-electron chi connectivity index (χ0n) is 12.6. The molecule has 0 aliphatic heterocycles. The number of hydrogen-bond donors (Lipinski definition) is 0. The fourth-order valence-electron chi connectivity index (χ4n) is 1.84. The van der Waals surface area contributed by atoms with Crippen LogP contribution >= 0.6 is 24.0 Å². The molecule has 0 N–H and O–H groups in total. The topological polar surface area (TPSA) is 28.1 Å². The molecule has 0 bridgehead atoms. The van der Waals surface area contributed by atoms with Crippen LogP contribution in [-0.2, 0) is 4.74 Å². The summed E-state index contributed by atoms with van der Waals surface area (Å²) in [5, 5.41) is 0. The number of aliphatic imine (C=N–C) groups is 1. The first-order valence-electron chi connectivity index (χ1n) is 6.13. The summed E-state index contributed by atoms with van der Waals surface area (Å²) in [6, 6.07) is 6.32. The van der Waals surface area contributed by atoms with E-state index in [4.69, 9.17) is 4.74 Å². The van der Waals surface area contributed by atoms with E-state index in [0.717, 1.165) is 11.5 Å². The third-order valence-electron chi connectivity index (χ3n) is 2.72. The maximum Gasteiger partial charge on any atom is 0.195 e. The Labute approximate surface area is 137 Å². The second-order valence-electron chi connectivity index (χ2n) is 4.71. The average Bonchev–Trinajstić information content (AvgIpc) is 2.35. The van der Waals surface area contributed by atoms with Gasteiger partial charge in [-0.2, -0.15) is 0 Å². The van der Waals surface area contributed by atoms with Crippen LogP contribution in [0.2, 0.25) is 0 Å². The molecule has 1 aromatic rings. The van der Waals surface area contributed by atoms with Crippen LogP contribution in [0, 0.1) is 5.82 Å². The molecule has 0 saturated heterocycles. The van der Waals surface area contributed by atoms with Crippen molar-refractivity contribution < 1.29 is 9.13 Å². The second-order valence-corrected chi connectivity index (χ2v) is 4.71. The smallest absolute Gasteiger partial charge is 0.195 e. The first-order valence-corrected chi connectivity index (χ1v) is 6.13. The lowest BCUT2D eigenvalue weighted by Crippen LogP contribution is -2.35. The Bertz CT molecular complexity index is 411. The van der Waals surface area contributed by atoms with Gasteiger partial charge in [-0.3, -0.25) is 0 Å². The standard InChI is InChI=1S/C14H22FN3O.HI/c1-17(2)14(18(3)4)16-10-13(19-5)11-6-8-12(15)9-7-11;/h6-9,13H,10H2,1-5H3;1H. The van der Waals surface area contributed by atoms with Crippen molar-refractivity contribution in [3.8, 4) is 0 Å². The lowest BCUT2D eigenvalue weighted by molar-refractivity contribution is 0.110. The van der Waals surface area contributed by atoms with Gasteiger partial charge in [0.25, 0.3) is 0 Å². The van der Waals surface area contributed by atoms with Gasteiger partial charge in [-0.1, -0.05) is 12.1 Å². The summed E-state index contributed by atoms with van der Waals surface area (Å²) >= 11 is 0. The fourth-order valence-corrected chi connectivity index (χ4v) is 1.84. The Morgan fingerprint density at radius 3 is 2.05 bits per heavy atom. The minimum absolute atomic E-state index is 0. The van der Waals surface area contributed by atoms with E-state index in [0.29, 0.717) is 6.54 Å². The van der Waals surface area contributed by atoms with Gasteiger partial charge in [0.15, 0.2) is 5.96 Å². The largest absolute Gasteiger partial charge is 0.375 e. The van der Waals surface area contributed by atoms with Crippen LogP contribution in [0.4, 0.5) is 4.39 Å². The molecule has 4 nitrogen and oxygen atoms in total. The quantitative estimate of drug-likeness (QED) is 0.446. The second kappa shape index (κ2) is 9.12. The van der Waals surface area contributed by atoms with Crippen LogP contribution in [0.15, 0.2) is 29.3 Å². The molecular formula is C14H23FIN3O. The molecule has 1 atom stereocenters. The van der Waals surface area contributed by atoms with Gasteiger partial charge in [0.05, 0.1) is 6.54 Å².